The molecule has 0 saturated carbocycles. The van der Waals surface area contributed by atoms with Crippen LogP contribution in [0.4, 0.5) is 0 Å². The first-order chi connectivity index (χ1) is 16.7. The fourth-order valence-corrected chi connectivity index (χ4v) is 3.85. The zero-order valence-electron chi connectivity index (χ0n) is 21.0. The van der Waals surface area contributed by atoms with Crippen molar-refractivity contribution in [3.05, 3.63) is 17.7 Å². The van der Waals surface area contributed by atoms with Crippen LogP contribution < -0.4 is 14.2 Å². The van der Waals surface area contributed by atoms with E-state index in [1.807, 2.05) is 6.92 Å². The normalized spacial score (nSPS) is 21.4. The molecule has 0 aliphatic carbocycles. The second-order valence-electron chi connectivity index (χ2n) is 8.95. The molecular weight excluding hydrogens is 460 g/mol. The van der Waals surface area contributed by atoms with Crippen molar-refractivity contribution in [3.63, 3.8) is 0 Å². The summed E-state index contributed by atoms with van der Waals surface area (Å²) in [6.07, 6.45) is 0.179. The number of ether oxygens (including phenoxy) is 7. The maximum absolute atomic E-state index is 13.0. The average Bonchev–Trinajstić information content (AvgIpc) is 3.31. The Hall–Kier alpha value is -2.56. The molecule has 0 amide bonds. The number of carbonyl (C=O) groups excluding carboxylic acids is 2. The summed E-state index contributed by atoms with van der Waals surface area (Å²) in [5.41, 5.74) is -1.43. The monoisotopic (exact) mass is 496 g/mol. The third-order valence-corrected chi connectivity index (χ3v) is 6.13. The molecule has 1 fully saturated rings. The molecule has 2 aliphatic rings. The Balaban J connectivity index is 1.81. The smallest absolute Gasteiger partial charge is 0.342 e. The number of fused-ring (bicyclic) bond motifs is 1. The second kappa shape index (κ2) is 11.9. The van der Waals surface area contributed by atoms with Crippen molar-refractivity contribution >= 4 is 11.9 Å². The number of benzene rings is 1. The van der Waals surface area contributed by atoms with Crippen LogP contribution in [0.2, 0.25) is 0 Å². The summed E-state index contributed by atoms with van der Waals surface area (Å²) in [6.45, 7) is 6.84. The molecule has 2 aliphatic heterocycles. The van der Waals surface area contributed by atoms with E-state index < -0.39 is 42.1 Å². The predicted octanol–water partition coefficient (Wildman–Crippen LogP) is 3.42. The number of esters is 2. The first-order valence-corrected chi connectivity index (χ1v) is 12.0. The summed E-state index contributed by atoms with van der Waals surface area (Å²) >= 11 is 0. The van der Waals surface area contributed by atoms with Crippen molar-refractivity contribution in [3.8, 4) is 17.2 Å². The maximum atomic E-state index is 13.0. The first-order valence-electron chi connectivity index (χ1n) is 12.0. The van der Waals surface area contributed by atoms with Crippen LogP contribution in [-0.2, 0) is 28.5 Å². The Bertz CT molecular complexity index is 877. The minimum atomic E-state index is -2.06. The molecule has 0 spiro atoms. The van der Waals surface area contributed by atoms with Gasteiger partial charge in [0.1, 0.15) is 18.3 Å². The highest BCUT2D eigenvalue weighted by molar-refractivity contribution is 5.80. The van der Waals surface area contributed by atoms with Gasteiger partial charge in [0.25, 0.3) is 0 Å². The topological polar surface area (TPSA) is 119 Å². The van der Waals surface area contributed by atoms with Crippen molar-refractivity contribution in [2.75, 3.05) is 20.5 Å². The molecule has 2 heterocycles. The lowest BCUT2D eigenvalue weighted by Crippen LogP contribution is -2.49. The molecule has 0 radical (unpaired) electrons. The van der Waals surface area contributed by atoms with Crippen LogP contribution >= 0.6 is 0 Å². The number of carbonyl (C=O) groups is 2. The van der Waals surface area contributed by atoms with Gasteiger partial charge in [-0.3, -0.25) is 4.79 Å². The van der Waals surface area contributed by atoms with Crippen LogP contribution in [-0.4, -0.2) is 61.7 Å². The summed E-state index contributed by atoms with van der Waals surface area (Å²) in [5.74, 6) is -0.00855. The molecule has 35 heavy (non-hydrogen) atoms. The van der Waals surface area contributed by atoms with Crippen LogP contribution in [0.1, 0.15) is 71.5 Å². The summed E-state index contributed by atoms with van der Waals surface area (Å²) in [5, 5.41) is 10.8. The summed E-state index contributed by atoms with van der Waals surface area (Å²) in [4.78, 5) is 24.8. The Labute approximate surface area is 205 Å². The number of rotatable bonds is 11. The molecule has 1 aromatic carbocycles. The molecule has 1 N–H and O–H groups in total. The molecule has 196 valence electrons. The fraction of sp³-hybridized carbons (Fsp3) is 0.680. The number of methoxy groups -OCH3 is 1. The summed E-state index contributed by atoms with van der Waals surface area (Å²) in [6, 6.07) is 3.48. The highest BCUT2D eigenvalue weighted by Crippen LogP contribution is 2.44. The van der Waals surface area contributed by atoms with E-state index >= 15 is 0 Å². The van der Waals surface area contributed by atoms with E-state index in [-0.39, 0.29) is 13.2 Å². The fourth-order valence-electron chi connectivity index (χ4n) is 3.85. The van der Waals surface area contributed by atoms with Gasteiger partial charge in [0.2, 0.25) is 12.5 Å². The molecule has 1 saturated heterocycles. The van der Waals surface area contributed by atoms with E-state index in [4.69, 9.17) is 33.2 Å². The third-order valence-electron chi connectivity index (χ3n) is 6.13. The van der Waals surface area contributed by atoms with E-state index in [9.17, 15) is 14.7 Å². The zero-order valence-corrected chi connectivity index (χ0v) is 21.0. The summed E-state index contributed by atoms with van der Waals surface area (Å²) in [7, 11) is 1.52. The standard InChI is InChI=1S/C25H36O10/c1-6-9-20(26)34-16(3)25(4,28)24(27)33-15(2)22(35-21-10-7-8-11-30-21)17-12-18(29-5)23-19(13-17)31-14-32-23/h12-13,15-16,21-22,28H,6-11,14H2,1-5H3/t15-,16-,21?,22-,25+/m0/s1. The highest BCUT2D eigenvalue weighted by atomic mass is 16.7. The largest absolute Gasteiger partial charge is 0.493 e. The van der Waals surface area contributed by atoms with Gasteiger partial charge in [0.05, 0.1) is 7.11 Å². The van der Waals surface area contributed by atoms with E-state index in [1.54, 1.807) is 19.1 Å². The Kier molecular flexibility index (Phi) is 9.21. The molecule has 10 heteroatoms. The van der Waals surface area contributed by atoms with Crippen molar-refractivity contribution in [2.45, 2.75) is 90.0 Å². The van der Waals surface area contributed by atoms with Gasteiger partial charge in [0, 0.05) is 13.0 Å². The number of hydrogen-bond donors (Lipinski definition) is 1. The van der Waals surface area contributed by atoms with E-state index in [0.717, 1.165) is 12.8 Å². The quantitative estimate of drug-likeness (QED) is 0.456. The Morgan fingerprint density at radius 1 is 1.20 bits per heavy atom. The third kappa shape index (κ3) is 6.56. The van der Waals surface area contributed by atoms with Gasteiger partial charge in [-0.15, -0.1) is 0 Å². The van der Waals surface area contributed by atoms with Gasteiger partial charge in [-0.1, -0.05) is 6.92 Å². The molecule has 0 aromatic heterocycles. The van der Waals surface area contributed by atoms with Crippen LogP contribution in [0.5, 0.6) is 17.2 Å². The van der Waals surface area contributed by atoms with Crippen molar-refractivity contribution in [1.29, 1.82) is 0 Å². The molecule has 5 atom stereocenters. The number of hydrogen-bond acceptors (Lipinski definition) is 10. The van der Waals surface area contributed by atoms with E-state index in [0.29, 0.717) is 42.3 Å². The van der Waals surface area contributed by atoms with E-state index in [1.165, 1.54) is 21.0 Å². The minimum Gasteiger partial charge on any atom is -0.493 e. The van der Waals surface area contributed by atoms with Crippen molar-refractivity contribution < 1.29 is 47.9 Å². The predicted molar refractivity (Wildman–Crippen MR) is 123 cm³/mol. The van der Waals surface area contributed by atoms with Gasteiger partial charge in [-0.2, -0.15) is 0 Å². The lowest BCUT2D eigenvalue weighted by molar-refractivity contribution is -0.221. The van der Waals surface area contributed by atoms with Crippen LogP contribution in [0.25, 0.3) is 0 Å². The maximum Gasteiger partial charge on any atom is 0.342 e. The molecular formula is C25H36O10. The zero-order chi connectivity index (χ0) is 25.6. The summed E-state index contributed by atoms with van der Waals surface area (Å²) < 4.78 is 39.3. The molecule has 1 unspecified atom stereocenters. The second-order valence-corrected chi connectivity index (χ2v) is 8.95. The van der Waals surface area contributed by atoms with Crippen molar-refractivity contribution in [2.24, 2.45) is 0 Å². The first kappa shape index (κ1) is 27.0. The average molecular weight is 497 g/mol. The van der Waals surface area contributed by atoms with Crippen molar-refractivity contribution in [1.82, 2.24) is 0 Å². The highest BCUT2D eigenvalue weighted by Gasteiger charge is 2.43. The van der Waals surface area contributed by atoms with Crippen LogP contribution in [0.3, 0.4) is 0 Å². The lowest BCUT2D eigenvalue weighted by atomic mass is 9.99. The van der Waals surface area contributed by atoms with E-state index in [2.05, 4.69) is 0 Å². The van der Waals surface area contributed by atoms with Crippen LogP contribution in [0.15, 0.2) is 12.1 Å². The van der Waals surface area contributed by atoms with Gasteiger partial charge in [0.15, 0.2) is 23.4 Å². The van der Waals surface area contributed by atoms with Crippen LogP contribution in [0, 0.1) is 0 Å². The minimum absolute atomic E-state index is 0.0639. The van der Waals surface area contributed by atoms with Gasteiger partial charge in [-0.05, 0) is 64.2 Å². The lowest BCUT2D eigenvalue weighted by Gasteiger charge is -2.33. The van der Waals surface area contributed by atoms with Gasteiger partial charge in [-0.25, -0.2) is 4.79 Å². The Morgan fingerprint density at radius 3 is 2.63 bits per heavy atom. The van der Waals surface area contributed by atoms with Gasteiger partial charge >= 0.3 is 11.9 Å². The van der Waals surface area contributed by atoms with Gasteiger partial charge < -0.3 is 38.3 Å². The molecule has 0 bridgehead atoms. The number of aliphatic hydroxyl groups is 1. The molecule has 10 nitrogen and oxygen atoms in total. The molecule has 1 aromatic rings. The Morgan fingerprint density at radius 2 is 1.97 bits per heavy atom. The SMILES string of the molecule is CCCC(=O)O[C@@H](C)[C@@](C)(O)C(=O)O[C@@H](C)[C@H](OC1CCCCO1)c1cc(OC)c2c(c1)OCO2. The molecule has 3 rings (SSSR count).